The molecule has 9 atom stereocenters. The minimum atomic E-state index is -1.04. The van der Waals surface area contributed by atoms with E-state index in [1.54, 1.807) is 19.9 Å². The fourth-order valence-electron chi connectivity index (χ4n) is 10.2. The number of carbonyl (C=O) groups is 1. The van der Waals surface area contributed by atoms with E-state index in [2.05, 4.69) is 34.6 Å². The van der Waals surface area contributed by atoms with Crippen molar-refractivity contribution in [2.45, 2.75) is 124 Å². The lowest BCUT2D eigenvalue weighted by atomic mass is 9.38. The van der Waals surface area contributed by atoms with Gasteiger partial charge in [-0.25, -0.2) is 0 Å². The van der Waals surface area contributed by atoms with Gasteiger partial charge in [0, 0.05) is 17.8 Å². The zero-order valence-corrected chi connectivity index (χ0v) is 22.9. The minimum absolute atomic E-state index is 0.0382. The predicted molar refractivity (Wildman–Crippen MR) is 136 cm³/mol. The fourth-order valence-corrected chi connectivity index (χ4v) is 10.2. The Labute approximate surface area is 207 Å². The van der Waals surface area contributed by atoms with E-state index in [0.717, 1.165) is 38.5 Å². The van der Waals surface area contributed by atoms with Gasteiger partial charge in [0.1, 0.15) is 5.78 Å². The summed E-state index contributed by atoms with van der Waals surface area (Å²) in [4.78, 5) is 12.8. The summed E-state index contributed by atoms with van der Waals surface area (Å²) in [6.07, 6.45) is 10.3. The van der Waals surface area contributed by atoms with Crippen LogP contribution in [-0.2, 0) is 4.79 Å². The first-order chi connectivity index (χ1) is 15.4. The van der Waals surface area contributed by atoms with E-state index < -0.39 is 17.3 Å². The molecule has 4 heteroatoms. The molecule has 0 aromatic heterocycles. The number of rotatable bonds is 4. The van der Waals surface area contributed by atoms with Crippen molar-refractivity contribution in [2.75, 3.05) is 0 Å². The van der Waals surface area contributed by atoms with Crippen molar-refractivity contribution in [3.8, 4) is 0 Å². The minimum Gasteiger partial charge on any atom is -0.393 e. The molecule has 0 aromatic carbocycles. The maximum Gasteiger partial charge on any atom is 0.138 e. The van der Waals surface area contributed by atoms with Crippen LogP contribution in [0.1, 0.15) is 107 Å². The molecule has 4 nitrogen and oxygen atoms in total. The monoisotopic (exact) mass is 474 g/mol. The van der Waals surface area contributed by atoms with Gasteiger partial charge < -0.3 is 15.3 Å². The third kappa shape index (κ3) is 3.68. The van der Waals surface area contributed by atoms with Crippen LogP contribution in [0.5, 0.6) is 0 Å². The number of carbonyl (C=O) groups excluding carboxylic acids is 1. The van der Waals surface area contributed by atoms with Crippen LogP contribution in [-0.4, -0.2) is 38.4 Å². The molecule has 0 aliphatic heterocycles. The van der Waals surface area contributed by atoms with Crippen LogP contribution in [0, 0.1) is 45.3 Å². The largest absolute Gasteiger partial charge is 0.393 e. The SMILES string of the molecule is CC(C)(O)/C=C/C[C@@](C)(O)[C@@H]1[C@@H](O)C[C@]2(C)[C@H]3CC[C@H]4C(C)(C)C(=O)CC[C@]4(C)[C@@H]3CC[C@]12C. The molecular formula is C30H50O4. The molecule has 4 aliphatic rings. The number of Topliss-reactive ketones (excluding diaryl/α,β-unsaturated/α-hetero) is 1. The van der Waals surface area contributed by atoms with Gasteiger partial charge in [0.15, 0.2) is 0 Å². The maximum atomic E-state index is 12.8. The molecule has 4 aliphatic carbocycles. The smallest absolute Gasteiger partial charge is 0.138 e. The van der Waals surface area contributed by atoms with Crippen molar-refractivity contribution in [2.24, 2.45) is 45.3 Å². The molecule has 0 amide bonds. The van der Waals surface area contributed by atoms with Crippen LogP contribution in [0.3, 0.4) is 0 Å². The molecular weight excluding hydrogens is 424 g/mol. The highest BCUT2D eigenvalue weighted by Crippen LogP contribution is 2.74. The Morgan fingerprint density at radius 1 is 0.941 bits per heavy atom. The zero-order chi connectivity index (χ0) is 25.5. The summed E-state index contributed by atoms with van der Waals surface area (Å²) < 4.78 is 0. The van der Waals surface area contributed by atoms with Gasteiger partial charge in [0.25, 0.3) is 0 Å². The summed E-state index contributed by atoms with van der Waals surface area (Å²) in [5.74, 6) is 1.76. The fraction of sp³-hybridized carbons (Fsp3) is 0.900. The van der Waals surface area contributed by atoms with Gasteiger partial charge in [0.2, 0.25) is 0 Å². The Morgan fingerprint density at radius 2 is 1.59 bits per heavy atom. The van der Waals surface area contributed by atoms with E-state index in [-0.39, 0.29) is 27.6 Å². The molecule has 0 unspecified atom stereocenters. The van der Waals surface area contributed by atoms with Crippen molar-refractivity contribution in [3.63, 3.8) is 0 Å². The molecule has 4 fully saturated rings. The van der Waals surface area contributed by atoms with Crippen molar-refractivity contribution in [1.82, 2.24) is 0 Å². The normalized spacial score (nSPS) is 48.2. The molecule has 34 heavy (non-hydrogen) atoms. The molecule has 0 bridgehead atoms. The molecule has 0 heterocycles. The number of aliphatic hydroxyl groups is 3. The number of ketones is 1. The van der Waals surface area contributed by atoms with Crippen LogP contribution in [0.4, 0.5) is 0 Å². The highest BCUT2D eigenvalue weighted by atomic mass is 16.3. The number of aliphatic hydroxyl groups excluding tert-OH is 1. The van der Waals surface area contributed by atoms with Crippen LogP contribution < -0.4 is 0 Å². The van der Waals surface area contributed by atoms with Gasteiger partial charge in [0.05, 0.1) is 17.3 Å². The molecule has 3 N–H and O–H groups in total. The standard InChI is InChI=1S/C30H50O4/c1-25(2,33)14-9-15-30(8,34)24-21(31)18-29(7)20-10-11-22-26(3,4)23(32)13-16-27(22,5)19(20)12-17-28(24,29)6/h9,14,19-22,24,31,33-34H,10-13,15-18H2,1-8H3/b14-9+/t19-,20+,21+,22+,24-,27-,28-,29-,30-/m1/s1. The molecule has 0 saturated heterocycles. The second kappa shape index (κ2) is 7.89. The number of hydrogen-bond acceptors (Lipinski definition) is 4. The highest BCUT2D eigenvalue weighted by molar-refractivity contribution is 5.85. The Kier molecular flexibility index (Phi) is 6.12. The average molecular weight is 475 g/mol. The summed E-state index contributed by atoms with van der Waals surface area (Å²) in [6.45, 7) is 16.9. The first kappa shape index (κ1) is 26.4. The zero-order valence-electron chi connectivity index (χ0n) is 22.9. The van der Waals surface area contributed by atoms with E-state index in [9.17, 15) is 20.1 Å². The van der Waals surface area contributed by atoms with Gasteiger partial charge in [-0.2, -0.15) is 0 Å². The molecule has 4 saturated carbocycles. The molecule has 0 radical (unpaired) electrons. The number of hydrogen-bond donors (Lipinski definition) is 3. The Hall–Kier alpha value is -0.710. The maximum absolute atomic E-state index is 12.8. The summed E-state index contributed by atoms with van der Waals surface area (Å²) >= 11 is 0. The van der Waals surface area contributed by atoms with Crippen LogP contribution in [0.2, 0.25) is 0 Å². The van der Waals surface area contributed by atoms with Gasteiger partial charge in [-0.1, -0.05) is 46.8 Å². The molecule has 194 valence electrons. The van der Waals surface area contributed by atoms with Crippen molar-refractivity contribution < 1.29 is 20.1 Å². The van der Waals surface area contributed by atoms with E-state index in [1.165, 1.54) is 0 Å². The average Bonchev–Trinajstić information content (AvgIpc) is 2.89. The Bertz CT molecular complexity index is 850. The molecule has 4 rings (SSSR count). The topological polar surface area (TPSA) is 77.8 Å². The molecule has 0 aromatic rings. The van der Waals surface area contributed by atoms with Crippen molar-refractivity contribution in [1.29, 1.82) is 0 Å². The molecule has 0 spiro atoms. The number of fused-ring (bicyclic) bond motifs is 5. The second-order valence-corrected chi connectivity index (χ2v) is 14.7. The highest BCUT2D eigenvalue weighted by Gasteiger charge is 2.70. The third-order valence-electron chi connectivity index (χ3n) is 11.9. The van der Waals surface area contributed by atoms with Crippen molar-refractivity contribution in [3.05, 3.63) is 12.2 Å². The van der Waals surface area contributed by atoms with E-state index in [1.807, 2.05) is 13.0 Å². The first-order valence-corrected chi connectivity index (χ1v) is 13.7. The third-order valence-corrected chi connectivity index (χ3v) is 11.9. The van der Waals surface area contributed by atoms with Gasteiger partial charge >= 0.3 is 0 Å². The Balaban J connectivity index is 1.65. The van der Waals surface area contributed by atoms with Gasteiger partial charge in [-0.15, -0.1) is 0 Å². The predicted octanol–water partition coefficient (Wildman–Crippen LogP) is 5.68. The van der Waals surface area contributed by atoms with Crippen LogP contribution in [0.15, 0.2) is 12.2 Å². The lowest BCUT2D eigenvalue weighted by Crippen LogP contribution is -2.61. The van der Waals surface area contributed by atoms with Crippen LogP contribution in [0.25, 0.3) is 0 Å². The van der Waals surface area contributed by atoms with E-state index >= 15 is 0 Å². The summed E-state index contributed by atoms with van der Waals surface area (Å²) in [6, 6.07) is 0. The lowest BCUT2D eigenvalue weighted by molar-refractivity contribution is -0.192. The Morgan fingerprint density at radius 3 is 2.21 bits per heavy atom. The first-order valence-electron chi connectivity index (χ1n) is 13.7. The van der Waals surface area contributed by atoms with Crippen molar-refractivity contribution >= 4 is 5.78 Å². The van der Waals surface area contributed by atoms with Gasteiger partial charge in [-0.3, -0.25) is 4.79 Å². The second-order valence-electron chi connectivity index (χ2n) is 14.7. The summed E-state index contributed by atoms with van der Waals surface area (Å²) in [7, 11) is 0. The van der Waals surface area contributed by atoms with Crippen LogP contribution >= 0.6 is 0 Å². The lowest BCUT2D eigenvalue weighted by Gasteiger charge is -2.66. The van der Waals surface area contributed by atoms with E-state index in [4.69, 9.17) is 0 Å². The summed E-state index contributed by atoms with van der Waals surface area (Å²) in [5.41, 5.74) is -2.21. The quantitative estimate of drug-likeness (QED) is 0.458. The van der Waals surface area contributed by atoms with E-state index in [0.29, 0.717) is 36.4 Å². The van der Waals surface area contributed by atoms with Gasteiger partial charge in [-0.05, 0) is 99.7 Å². The summed E-state index contributed by atoms with van der Waals surface area (Å²) in [5, 5.41) is 33.2.